The Morgan fingerprint density at radius 3 is 2.55 bits per heavy atom. The van der Waals surface area contributed by atoms with Gasteiger partial charge in [0, 0.05) is 6.04 Å². The summed E-state index contributed by atoms with van der Waals surface area (Å²) in [6.07, 6.45) is 4.60. The fourth-order valence-corrected chi connectivity index (χ4v) is 6.36. The number of nitrogens with zero attached hydrogens (tertiary/aromatic N) is 4. The summed E-state index contributed by atoms with van der Waals surface area (Å²) in [5.41, 5.74) is 5.56. The van der Waals surface area contributed by atoms with Crippen LogP contribution in [-0.4, -0.2) is 67.2 Å². The highest BCUT2D eigenvalue weighted by Crippen LogP contribution is 2.41. The fraction of sp³-hybridized carbons (Fsp3) is 0.708. The molecule has 3 atom stereocenters. The predicted octanol–water partition coefficient (Wildman–Crippen LogP) is 3.15. The smallest absolute Gasteiger partial charge is 0.326 e. The molecule has 0 fully saturated rings. The number of imidazole rings is 1. The van der Waals surface area contributed by atoms with Crippen LogP contribution in [0.15, 0.2) is 12.7 Å². The molecule has 214 valence electrons. The van der Waals surface area contributed by atoms with Crippen molar-refractivity contribution in [1.29, 1.82) is 0 Å². The number of aromatic nitrogens is 4. The van der Waals surface area contributed by atoms with Crippen molar-refractivity contribution >= 4 is 36.4 Å². The van der Waals surface area contributed by atoms with E-state index in [1.54, 1.807) is 31.7 Å². The van der Waals surface area contributed by atoms with Gasteiger partial charge in [-0.3, -0.25) is 14.2 Å². The Labute approximate surface area is 223 Å². The van der Waals surface area contributed by atoms with Crippen LogP contribution < -0.4 is 15.9 Å². The van der Waals surface area contributed by atoms with Gasteiger partial charge >= 0.3 is 11.9 Å². The molecule has 0 aliphatic carbocycles. The highest BCUT2D eigenvalue weighted by molar-refractivity contribution is 7.59. The Balaban J connectivity index is 2.18. The van der Waals surface area contributed by atoms with E-state index in [1.807, 2.05) is 13.8 Å². The molecule has 5 N–H and O–H groups in total. The molecule has 14 heteroatoms. The maximum atomic E-state index is 14.2. The Bertz CT molecular complexity index is 1120. The number of nitrogens with one attached hydrogen (secondary N) is 2. The van der Waals surface area contributed by atoms with Crippen LogP contribution in [0.5, 0.6) is 0 Å². The number of carbonyl (C=O) groups excluding carboxylic acids is 1. The number of carbonyl (C=O) groups is 2. The molecule has 0 spiro atoms. The fourth-order valence-electron chi connectivity index (χ4n) is 3.78. The number of fused-ring (bicyclic) bond motifs is 1. The van der Waals surface area contributed by atoms with Crippen LogP contribution in [0.3, 0.4) is 0 Å². The molecule has 38 heavy (non-hydrogen) atoms. The molecule has 0 saturated carbocycles. The van der Waals surface area contributed by atoms with E-state index in [2.05, 4.69) is 32.1 Å². The molecule has 0 radical (unpaired) electrons. The van der Waals surface area contributed by atoms with Gasteiger partial charge in [-0.2, -0.15) is 0 Å². The molecule has 0 amide bonds. The first-order valence-electron chi connectivity index (χ1n) is 12.9. The van der Waals surface area contributed by atoms with Gasteiger partial charge in [0.15, 0.2) is 11.5 Å². The van der Waals surface area contributed by atoms with E-state index in [0.29, 0.717) is 17.7 Å². The molecule has 0 aliphatic rings. The Morgan fingerprint density at radius 1 is 1.21 bits per heavy atom. The molecular formula is C24H42N7O6P. The van der Waals surface area contributed by atoms with Crippen molar-refractivity contribution in [2.24, 2.45) is 5.92 Å². The maximum absolute atomic E-state index is 14.2. The van der Waals surface area contributed by atoms with Gasteiger partial charge in [0.2, 0.25) is 7.44 Å². The summed E-state index contributed by atoms with van der Waals surface area (Å²) < 4.78 is 27.3. The Hall–Kier alpha value is -2.60. The third kappa shape index (κ3) is 9.30. The number of unbranched alkanes of at least 4 members (excludes halogenated alkanes) is 2. The van der Waals surface area contributed by atoms with Crippen molar-refractivity contribution in [3.05, 3.63) is 12.7 Å². The Morgan fingerprint density at radius 2 is 1.92 bits per heavy atom. The monoisotopic (exact) mass is 555 g/mol. The van der Waals surface area contributed by atoms with Gasteiger partial charge in [-0.05, 0) is 33.1 Å². The number of hydrogen-bond acceptors (Lipinski definition) is 9. The molecule has 0 saturated heterocycles. The minimum absolute atomic E-state index is 0.148. The standard InChI is InChI=1S/C24H42N7O6P/c1-7-8-9-10-36-23(34)24(5,6)30-38(35,29-18(16(2)3)11-19(32)33)15-37-17(4)12-31-14-28-20-21(25)26-13-27-22(20)31/h13-14,16-18H,7-12,15H2,1-6H3,(H,32,33)(H2,25,26,27)(H2,29,30,35)/t17-,18+,38?/m1/s1. The third-order valence-corrected chi connectivity index (χ3v) is 8.13. The van der Waals surface area contributed by atoms with Gasteiger partial charge in [0.25, 0.3) is 0 Å². The number of carboxylic acid groups (broad SMARTS) is 1. The van der Waals surface area contributed by atoms with Gasteiger partial charge in [-0.1, -0.05) is 33.6 Å². The van der Waals surface area contributed by atoms with Crippen LogP contribution >= 0.6 is 7.44 Å². The number of nitrogens with two attached hydrogens (primary N) is 1. The quantitative estimate of drug-likeness (QED) is 0.127. The zero-order valence-corrected chi connectivity index (χ0v) is 24.0. The van der Waals surface area contributed by atoms with E-state index in [4.69, 9.17) is 15.2 Å². The summed E-state index contributed by atoms with van der Waals surface area (Å²) in [4.78, 5) is 36.7. The maximum Gasteiger partial charge on any atom is 0.326 e. The van der Waals surface area contributed by atoms with E-state index < -0.39 is 37.1 Å². The average Bonchev–Trinajstić information content (AvgIpc) is 3.23. The summed E-state index contributed by atoms with van der Waals surface area (Å²) in [6, 6.07) is -0.626. The number of aliphatic carboxylic acids is 1. The predicted molar refractivity (Wildman–Crippen MR) is 144 cm³/mol. The van der Waals surface area contributed by atoms with Crippen LogP contribution in [0.25, 0.3) is 11.2 Å². The summed E-state index contributed by atoms with van der Waals surface area (Å²) in [6.45, 7) is 11.3. The van der Waals surface area contributed by atoms with Crippen LogP contribution in [0, 0.1) is 5.92 Å². The first kappa shape index (κ1) is 31.6. The van der Waals surface area contributed by atoms with Crippen molar-refractivity contribution in [2.75, 3.05) is 18.7 Å². The van der Waals surface area contributed by atoms with Gasteiger partial charge in [0.05, 0.1) is 32.0 Å². The number of esters is 1. The minimum Gasteiger partial charge on any atom is -0.481 e. The van der Waals surface area contributed by atoms with E-state index in [1.165, 1.54) is 6.33 Å². The summed E-state index contributed by atoms with van der Waals surface area (Å²) in [7, 11) is -3.66. The van der Waals surface area contributed by atoms with Crippen LogP contribution in [0.1, 0.15) is 67.2 Å². The summed E-state index contributed by atoms with van der Waals surface area (Å²) >= 11 is 0. The highest BCUT2D eigenvalue weighted by atomic mass is 31.2. The van der Waals surface area contributed by atoms with E-state index >= 15 is 0 Å². The Kier molecular flexibility index (Phi) is 11.6. The zero-order chi connectivity index (χ0) is 28.5. The van der Waals surface area contributed by atoms with Crippen LogP contribution in [-0.2, 0) is 30.2 Å². The van der Waals surface area contributed by atoms with Crippen molar-refractivity contribution in [1.82, 2.24) is 29.7 Å². The summed E-state index contributed by atoms with van der Waals surface area (Å²) in [5.74, 6) is -1.46. The normalized spacial score (nSPS) is 15.3. The molecule has 13 nitrogen and oxygen atoms in total. The van der Waals surface area contributed by atoms with Crippen molar-refractivity contribution in [2.45, 2.75) is 91.5 Å². The largest absolute Gasteiger partial charge is 0.481 e. The first-order valence-corrected chi connectivity index (χ1v) is 14.8. The summed E-state index contributed by atoms with van der Waals surface area (Å²) in [5, 5.41) is 15.3. The number of hydrogen-bond donors (Lipinski definition) is 4. The van der Waals surface area contributed by atoms with E-state index in [0.717, 1.165) is 19.3 Å². The zero-order valence-electron chi connectivity index (χ0n) is 23.1. The third-order valence-electron chi connectivity index (χ3n) is 5.95. The molecule has 0 bridgehead atoms. The molecule has 2 rings (SSSR count). The molecule has 2 aromatic heterocycles. The lowest BCUT2D eigenvalue weighted by molar-refractivity contribution is -0.149. The highest BCUT2D eigenvalue weighted by Gasteiger charge is 2.39. The van der Waals surface area contributed by atoms with E-state index in [-0.39, 0.29) is 31.1 Å². The van der Waals surface area contributed by atoms with Crippen LogP contribution in [0.4, 0.5) is 5.82 Å². The lowest BCUT2D eigenvalue weighted by atomic mass is 10.0. The van der Waals surface area contributed by atoms with Gasteiger partial charge in [0.1, 0.15) is 23.7 Å². The minimum atomic E-state index is -3.66. The second kappa shape index (κ2) is 14.0. The molecule has 2 aromatic rings. The lowest BCUT2D eigenvalue weighted by Crippen LogP contribution is -2.50. The molecule has 0 aromatic carbocycles. The number of rotatable bonds is 17. The average molecular weight is 556 g/mol. The molecule has 0 aliphatic heterocycles. The molecular weight excluding hydrogens is 513 g/mol. The van der Waals surface area contributed by atoms with Crippen LogP contribution in [0.2, 0.25) is 0 Å². The van der Waals surface area contributed by atoms with E-state index in [9.17, 15) is 19.3 Å². The number of carboxylic acids is 1. The first-order chi connectivity index (χ1) is 17.8. The van der Waals surface area contributed by atoms with Gasteiger partial charge < -0.3 is 24.9 Å². The van der Waals surface area contributed by atoms with Crippen molar-refractivity contribution in [3.8, 4) is 0 Å². The SMILES string of the molecule is CCCCCOC(=O)C(C)(C)NP(=O)(CO[C@H](C)Cn1cnc2c(N)ncnc21)N[C@@H](CC(=O)O)C(C)C. The molecule has 2 heterocycles. The van der Waals surface area contributed by atoms with Crippen molar-refractivity contribution in [3.63, 3.8) is 0 Å². The second-order valence-electron chi connectivity index (χ2n) is 10.3. The topological polar surface area (TPSA) is 184 Å². The van der Waals surface area contributed by atoms with Gasteiger partial charge in [-0.15, -0.1) is 0 Å². The number of ether oxygens (including phenoxy) is 2. The molecule has 1 unspecified atom stereocenters. The second-order valence-corrected chi connectivity index (χ2v) is 12.6. The van der Waals surface area contributed by atoms with Gasteiger partial charge in [-0.25, -0.2) is 25.1 Å². The van der Waals surface area contributed by atoms with Crippen molar-refractivity contribution < 1.29 is 28.7 Å². The number of anilines is 1. The number of nitrogen functional groups attached to an aromatic ring is 1. The lowest BCUT2D eigenvalue weighted by Gasteiger charge is -2.34.